The SMILES string of the molecule is O=C(CN1CCC[C@H]1Cc1c(C(=O)O)sc2ccccc12)Nc1cccc(S(=O)(=O)N2CCOCC2)c1. The molecule has 1 atom stereocenters. The number of morpholine rings is 1. The Kier molecular flexibility index (Phi) is 7.59. The van der Waals surface area contributed by atoms with Gasteiger partial charge in [-0.1, -0.05) is 24.3 Å². The molecular weight excluding hydrogens is 514 g/mol. The average molecular weight is 544 g/mol. The topological polar surface area (TPSA) is 116 Å². The molecule has 2 aromatic carbocycles. The number of nitrogens with zero attached hydrogens (tertiary/aromatic N) is 2. The standard InChI is InChI=1S/C26H29N3O6S2/c30-24(27-18-5-3-7-20(15-18)37(33,34)29-11-13-35-14-12-29)17-28-10-4-6-19(28)16-22-21-8-1-2-9-23(21)36-25(22)26(31)32/h1-3,5,7-9,15,19H,4,6,10-14,16-17H2,(H,27,30)(H,31,32)/t19-/m0/s1. The quantitative estimate of drug-likeness (QED) is 0.448. The number of carbonyl (C=O) groups is 2. The highest BCUT2D eigenvalue weighted by Crippen LogP contribution is 2.34. The van der Waals surface area contributed by atoms with Gasteiger partial charge in [0.1, 0.15) is 4.88 Å². The number of rotatable bonds is 8. The van der Waals surface area contributed by atoms with Gasteiger partial charge in [-0.3, -0.25) is 9.69 Å². The Bertz CT molecular complexity index is 1410. The van der Waals surface area contributed by atoms with Crippen LogP contribution < -0.4 is 5.32 Å². The number of aromatic carboxylic acids is 1. The molecule has 0 aliphatic carbocycles. The second kappa shape index (κ2) is 10.9. The van der Waals surface area contributed by atoms with Gasteiger partial charge in [-0.25, -0.2) is 13.2 Å². The Balaban J connectivity index is 1.27. The molecule has 37 heavy (non-hydrogen) atoms. The normalized spacial score (nSPS) is 19.3. The number of fused-ring (bicyclic) bond motifs is 1. The van der Waals surface area contributed by atoms with Gasteiger partial charge in [0.15, 0.2) is 0 Å². The van der Waals surface area contributed by atoms with E-state index in [-0.39, 0.29) is 23.4 Å². The van der Waals surface area contributed by atoms with Crippen LogP contribution in [0.2, 0.25) is 0 Å². The van der Waals surface area contributed by atoms with Crippen LogP contribution in [0, 0.1) is 0 Å². The second-order valence-corrected chi connectivity index (χ2v) is 12.3. The van der Waals surface area contributed by atoms with Crippen molar-refractivity contribution in [1.29, 1.82) is 0 Å². The predicted octanol–water partition coefficient (Wildman–Crippen LogP) is 3.27. The van der Waals surface area contributed by atoms with E-state index in [9.17, 15) is 23.1 Å². The zero-order valence-corrected chi connectivity index (χ0v) is 21.9. The molecule has 0 radical (unpaired) electrons. The Morgan fingerprint density at radius 2 is 1.86 bits per heavy atom. The van der Waals surface area contributed by atoms with Gasteiger partial charge in [0.2, 0.25) is 15.9 Å². The molecule has 3 heterocycles. The number of carbonyl (C=O) groups excluding carboxylic acids is 1. The Hall–Kier alpha value is -2.83. The van der Waals surface area contributed by atoms with E-state index in [0.717, 1.165) is 35.0 Å². The summed E-state index contributed by atoms with van der Waals surface area (Å²) in [6.45, 7) is 2.23. The van der Waals surface area contributed by atoms with Gasteiger partial charge in [-0.2, -0.15) is 4.31 Å². The molecule has 0 bridgehead atoms. The van der Waals surface area contributed by atoms with Crippen molar-refractivity contribution in [2.75, 3.05) is 44.7 Å². The fourth-order valence-electron chi connectivity index (χ4n) is 5.10. The van der Waals surface area contributed by atoms with Crippen molar-refractivity contribution in [3.63, 3.8) is 0 Å². The van der Waals surface area contributed by atoms with Crippen molar-refractivity contribution in [3.05, 3.63) is 59.0 Å². The average Bonchev–Trinajstić information content (AvgIpc) is 3.49. The first-order valence-corrected chi connectivity index (χ1v) is 14.5. The molecule has 2 saturated heterocycles. The maximum atomic E-state index is 13.0. The van der Waals surface area contributed by atoms with Gasteiger partial charge in [0.25, 0.3) is 0 Å². The summed E-state index contributed by atoms with van der Waals surface area (Å²) < 4.78 is 33.5. The third-order valence-electron chi connectivity index (χ3n) is 6.90. The number of sulfonamides is 1. The molecule has 0 spiro atoms. The fraction of sp³-hybridized carbons (Fsp3) is 0.385. The number of ether oxygens (including phenoxy) is 1. The lowest BCUT2D eigenvalue weighted by Crippen LogP contribution is -2.40. The molecule has 2 aliphatic heterocycles. The lowest BCUT2D eigenvalue weighted by Gasteiger charge is -2.26. The molecule has 1 aromatic heterocycles. The van der Waals surface area contributed by atoms with Crippen LogP contribution in [0.25, 0.3) is 10.1 Å². The van der Waals surface area contributed by atoms with Crippen molar-refractivity contribution >= 4 is 49.0 Å². The number of nitrogens with one attached hydrogen (secondary N) is 1. The van der Waals surface area contributed by atoms with E-state index in [2.05, 4.69) is 10.2 Å². The van der Waals surface area contributed by atoms with E-state index in [0.29, 0.717) is 43.3 Å². The van der Waals surface area contributed by atoms with E-state index in [1.54, 1.807) is 12.1 Å². The Morgan fingerprint density at radius 3 is 2.65 bits per heavy atom. The lowest BCUT2D eigenvalue weighted by molar-refractivity contribution is -0.117. The predicted molar refractivity (Wildman–Crippen MR) is 142 cm³/mol. The summed E-state index contributed by atoms with van der Waals surface area (Å²) in [4.78, 5) is 27.4. The number of hydrogen-bond donors (Lipinski definition) is 2. The molecule has 9 nitrogen and oxygen atoms in total. The number of carboxylic acids is 1. The zero-order chi connectivity index (χ0) is 26.0. The smallest absolute Gasteiger partial charge is 0.346 e. The number of thiophene rings is 1. The largest absolute Gasteiger partial charge is 0.477 e. The minimum Gasteiger partial charge on any atom is -0.477 e. The highest BCUT2D eigenvalue weighted by molar-refractivity contribution is 7.89. The van der Waals surface area contributed by atoms with Crippen LogP contribution in [0.5, 0.6) is 0 Å². The molecule has 1 amide bonds. The van der Waals surface area contributed by atoms with Crippen LogP contribution in [-0.2, 0) is 26.0 Å². The van der Waals surface area contributed by atoms with Gasteiger partial charge in [-0.15, -0.1) is 11.3 Å². The monoisotopic (exact) mass is 543 g/mol. The van der Waals surface area contributed by atoms with Gasteiger partial charge >= 0.3 is 5.97 Å². The number of likely N-dealkylation sites (tertiary alicyclic amines) is 1. The van der Waals surface area contributed by atoms with E-state index >= 15 is 0 Å². The van der Waals surface area contributed by atoms with Crippen LogP contribution in [0.15, 0.2) is 53.4 Å². The molecule has 5 rings (SSSR count). The maximum Gasteiger partial charge on any atom is 0.346 e. The molecule has 0 saturated carbocycles. The van der Waals surface area contributed by atoms with E-state index in [1.807, 2.05) is 24.3 Å². The summed E-state index contributed by atoms with van der Waals surface area (Å²) in [7, 11) is -3.67. The number of anilines is 1. The Labute approximate surface area is 219 Å². The van der Waals surface area contributed by atoms with Crippen LogP contribution in [0.4, 0.5) is 5.69 Å². The second-order valence-electron chi connectivity index (χ2n) is 9.27. The first-order valence-electron chi connectivity index (χ1n) is 12.3. The number of benzene rings is 2. The van der Waals surface area contributed by atoms with Gasteiger partial charge < -0.3 is 15.2 Å². The lowest BCUT2D eigenvalue weighted by atomic mass is 10.0. The van der Waals surface area contributed by atoms with Crippen LogP contribution >= 0.6 is 11.3 Å². The third-order valence-corrected chi connectivity index (χ3v) is 10.00. The molecule has 2 N–H and O–H groups in total. The van der Waals surface area contributed by atoms with Gasteiger partial charge in [-0.05, 0) is 61.0 Å². The molecule has 2 aliphatic rings. The van der Waals surface area contributed by atoms with Crippen LogP contribution in [0.3, 0.4) is 0 Å². The molecule has 11 heteroatoms. The van der Waals surface area contributed by atoms with Crippen molar-refractivity contribution in [2.24, 2.45) is 0 Å². The summed E-state index contributed by atoms with van der Waals surface area (Å²) in [5, 5.41) is 13.6. The highest BCUT2D eigenvalue weighted by atomic mass is 32.2. The zero-order valence-electron chi connectivity index (χ0n) is 20.3. The van der Waals surface area contributed by atoms with E-state index < -0.39 is 16.0 Å². The Morgan fingerprint density at radius 1 is 1.08 bits per heavy atom. The molecular formula is C26H29N3O6S2. The van der Waals surface area contributed by atoms with E-state index in [4.69, 9.17) is 4.74 Å². The number of hydrogen-bond acceptors (Lipinski definition) is 7. The van der Waals surface area contributed by atoms with Crippen molar-refractivity contribution in [3.8, 4) is 0 Å². The summed E-state index contributed by atoms with van der Waals surface area (Å²) in [5.74, 6) is -1.16. The fourth-order valence-corrected chi connectivity index (χ4v) is 7.63. The van der Waals surface area contributed by atoms with Gasteiger partial charge in [0.05, 0.1) is 24.7 Å². The van der Waals surface area contributed by atoms with Crippen molar-refractivity contribution in [2.45, 2.75) is 30.2 Å². The van der Waals surface area contributed by atoms with Gasteiger partial charge in [0, 0.05) is 29.5 Å². The maximum absolute atomic E-state index is 13.0. The van der Waals surface area contributed by atoms with Crippen LogP contribution in [-0.4, -0.2) is 80.0 Å². The van der Waals surface area contributed by atoms with Crippen LogP contribution in [0.1, 0.15) is 28.1 Å². The van der Waals surface area contributed by atoms with Crippen molar-refractivity contribution in [1.82, 2.24) is 9.21 Å². The summed E-state index contributed by atoms with van der Waals surface area (Å²) in [6.07, 6.45) is 2.37. The number of carboxylic acid groups (broad SMARTS) is 1. The highest BCUT2D eigenvalue weighted by Gasteiger charge is 2.30. The summed E-state index contributed by atoms with van der Waals surface area (Å²) >= 11 is 1.29. The molecule has 0 unspecified atom stereocenters. The number of amides is 1. The minimum atomic E-state index is -3.67. The minimum absolute atomic E-state index is 0.0508. The third kappa shape index (κ3) is 5.55. The molecule has 3 aromatic rings. The molecule has 2 fully saturated rings. The van der Waals surface area contributed by atoms with E-state index in [1.165, 1.54) is 27.8 Å². The van der Waals surface area contributed by atoms with Crippen molar-refractivity contribution < 1.29 is 27.9 Å². The molecule has 196 valence electrons. The first-order chi connectivity index (χ1) is 17.8. The first kappa shape index (κ1) is 25.8. The summed E-state index contributed by atoms with van der Waals surface area (Å²) in [6, 6.07) is 14.1. The summed E-state index contributed by atoms with van der Waals surface area (Å²) in [5.41, 5.74) is 1.25.